The van der Waals surface area contributed by atoms with Crippen molar-refractivity contribution in [3.05, 3.63) is 42.2 Å². The van der Waals surface area contributed by atoms with Gasteiger partial charge < -0.3 is 5.32 Å². The average molecular weight is 241 g/mol. The minimum absolute atomic E-state index is 0.680. The van der Waals surface area contributed by atoms with Crippen molar-refractivity contribution in [2.24, 2.45) is 5.92 Å². The third-order valence-electron chi connectivity index (χ3n) is 2.57. The maximum absolute atomic E-state index is 4.53. The van der Waals surface area contributed by atoms with Crippen molar-refractivity contribution in [2.45, 2.75) is 13.8 Å². The van der Waals surface area contributed by atoms with Crippen LogP contribution in [0.15, 0.2) is 36.5 Å². The van der Waals surface area contributed by atoms with E-state index in [0.29, 0.717) is 5.92 Å². The number of nitrogens with one attached hydrogen (secondary N) is 1. The van der Waals surface area contributed by atoms with E-state index in [1.807, 2.05) is 30.3 Å². The Morgan fingerprint density at radius 3 is 2.78 bits per heavy atom. The van der Waals surface area contributed by atoms with E-state index in [9.17, 15) is 0 Å². The number of rotatable bonds is 5. The van der Waals surface area contributed by atoms with Crippen LogP contribution in [0.4, 0.5) is 0 Å². The van der Waals surface area contributed by atoms with Crippen molar-refractivity contribution in [1.82, 2.24) is 15.3 Å². The third kappa shape index (κ3) is 3.64. The second kappa shape index (κ2) is 6.26. The van der Waals surface area contributed by atoms with Crippen LogP contribution >= 0.6 is 0 Å². The Labute approximate surface area is 108 Å². The third-order valence-corrected chi connectivity index (χ3v) is 2.57. The molecular formula is C15H19N3. The zero-order valence-corrected chi connectivity index (χ0v) is 10.9. The SMILES string of the molecule is CC(C)CNCC=Cc1cnc2ccccc2n1. The fourth-order valence-corrected chi connectivity index (χ4v) is 1.69. The Hall–Kier alpha value is -1.74. The first-order valence-electron chi connectivity index (χ1n) is 6.35. The molecule has 0 unspecified atom stereocenters. The van der Waals surface area contributed by atoms with Crippen LogP contribution in [0.5, 0.6) is 0 Å². The number of aromatic nitrogens is 2. The van der Waals surface area contributed by atoms with E-state index in [1.165, 1.54) is 0 Å². The Morgan fingerprint density at radius 2 is 2.00 bits per heavy atom. The fourth-order valence-electron chi connectivity index (χ4n) is 1.69. The lowest BCUT2D eigenvalue weighted by Gasteiger charge is -2.03. The molecule has 1 aromatic carbocycles. The molecule has 2 aromatic rings. The summed E-state index contributed by atoms with van der Waals surface area (Å²) in [5.74, 6) is 0.680. The molecule has 1 N–H and O–H groups in total. The van der Waals surface area contributed by atoms with E-state index in [-0.39, 0.29) is 0 Å². The summed E-state index contributed by atoms with van der Waals surface area (Å²) in [6.07, 6.45) is 5.90. The molecule has 0 saturated carbocycles. The van der Waals surface area contributed by atoms with E-state index >= 15 is 0 Å². The predicted molar refractivity (Wildman–Crippen MR) is 76.3 cm³/mol. The minimum atomic E-state index is 0.680. The highest BCUT2D eigenvalue weighted by Crippen LogP contribution is 2.08. The van der Waals surface area contributed by atoms with Crippen LogP contribution in [-0.4, -0.2) is 23.1 Å². The molecular weight excluding hydrogens is 222 g/mol. The standard InChI is InChI=1S/C15H19N3/c1-12(2)10-16-9-5-6-13-11-17-14-7-3-4-8-15(14)18-13/h3-8,11-12,16H,9-10H2,1-2H3. The van der Waals surface area contributed by atoms with Crippen LogP contribution in [0.1, 0.15) is 19.5 Å². The van der Waals surface area contributed by atoms with Gasteiger partial charge in [-0.25, -0.2) is 4.98 Å². The Morgan fingerprint density at radius 1 is 1.22 bits per heavy atom. The summed E-state index contributed by atoms with van der Waals surface area (Å²) in [4.78, 5) is 8.91. The molecule has 94 valence electrons. The van der Waals surface area contributed by atoms with Crippen molar-refractivity contribution in [3.63, 3.8) is 0 Å². The van der Waals surface area contributed by atoms with E-state index in [4.69, 9.17) is 0 Å². The number of para-hydroxylation sites is 2. The summed E-state index contributed by atoms with van der Waals surface area (Å²) in [6.45, 7) is 6.30. The Kier molecular flexibility index (Phi) is 4.42. The highest BCUT2D eigenvalue weighted by atomic mass is 14.8. The quantitative estimate of drug-likeness (QED) is 0.818. The molecule has 3 heteroatoms. The van der Waals surface area contributed by atoms with Crippen LogP contribution < -0.4 is 5.32 Å². The van der Waals surface area contributed by atoms with Crippen LogP contribution in [0.2, 0.25) is 0 Å². The van der Waals surface area contributed by atoms with Crippen molar-refractivity contribution >= 4 is 17.1 Å². The van der Waals surface area contributed by atoms with E-state index < -0.39 is 0 Å². The monoisotopic (exact) mass is 241 g/mol. The first-order valence-corrected chi connectivity index (χ1v) is 6.35. The number of fused-ring (bicyclic) bond motifs is 1. The van der Waals surface area contributed by atoms with Crippen molar-refractivity contribution in [3.8, 4) is 0 Å². The van der Waals surface area contributed by atoms with E-state index in [0.717, 1.165) is 29.8 Å². The van der Waals surface area contributed by atoms with Gasteiger partial charge in [0.1, 0.15) is 0 Å². The molecule has 0 aliphatic heterocycles. The smallest absolute Gasteiger partial charge is 0.0894 e. The molecule has 0 spiro atoms. The molecule has 0 atom stereocenters. The number of hydrogen-bond donors (Lipinski definition) is 1. The van der Waals surface area contributed by atoms with Gasteiger partial charge in [0.15, 0.2) is 0 Å². The van der Waals surface area contributed by atoms with Crippen LogP contribution in [0.25, 0.3) is 17.1 Å². The zero-order valence-electron chi connectivity index (χ0n) is 10.9. The van der Waals surface area contributed by atoms with Crippen LogP contribution in [-0.2, 0) is 0 Å². The summed E-state index contributed by atoms with van der Waals surface area (Å²) in [5, 5.41) is 3.36. The lowest BCUT2D eigenvalue weighted by Crippen LogP contribution is -2.19. The van der Waals surface area contributed by atoms with Gasteiger partial charge in [0.25, 0.3) is 0 Å². The molecule has 0 saturated heterocycles. The molecule has 0 amide bonds. The molecule has 0 radical (unpaired) electrons. The summed E-state index contributed by atoms with van der Waals surface area (Å²) in [7, 11) is 0. The second-order valence-corrected chi connectivity index (χ2v) is 4.74. The van der Waals surface area contributed by atoms with Crippen LogP contribution in [0.3, 0.4) is 0 Å². The minimum Gasteiger partial charge on any atom is -0.313 e. The Balaban J connectivity index is 1.97. The zero-order chi connectivity index (χ0) is 12.8. The molecule has 18 heavy (non-hydrogen) atoms. The molecule has 0 aliphatic rings. The highest BCUT2D eigenvalue weighted by Gasteiger charge is 1.95. The molecule has 0 bridgehead atoms. The topological polar surface area (TPSA) is 37.8 Å². The normalized spacial score (nSPS) is 11.7. The van der Waals surface area contributed by atoms with Gasteiger partial charge in [0, 0.05) is 6.54 Å². The van der Waals surface area contributed by atoms with Gasteiger partial charge in [-0.1, -0.05) is 32.1 Å². The fraction of sp³-hybridized carbons (Fsp3) is 0.333. The van der Waals surface area contributed by atoms with Gasteiger partial charge in [-0.05, 0) is 30.7 Å². The summed E-state index contributed by atoms with van der Waals surface area (Å²) < 4.78 is 0. The first-order chi connectivity index (χ1) is 8.75. The van der Waals surface area contributed by atoms with Gasteiger partial charge in [0.2, 0.25) is 0 Å². The Bertz CT molecular complexity index is 532. The predicted octanol–water partition coefficient (Wildman–Crippen LogP) is 2.89. The second-order valence-electron chi connectivity index (χ2n) is 4.74. The molecule has 1 heterocycles. The van der Waals surface area contributed by atoms with Gasteiger partial charge >= 0.3 is 0 Å². The summed E-state index contributed by atoms with van der Waals surface area (Å²) in [5.41, 5.74) is 2.78. The lowest BCUT2D eigenvalue weighted by atomic mass is 10.2. The van der Waals surface area contributed by atoms with Gasteiger partial charge in [-0.2, -0.15) is 0 Å². The number of benzene rings is 1. The first kappa shape index (κ1) is 12.7. The van der Waals surface area contributed by atoms with Crippen molar-refractivity contribution < 1.29 is 0 Å². The van der Waals surface area contributed by atoms with E-state index in [1.54, 1.807) is 6.20 Å². The molecule has 2 rings (SSSR count). The van der Waals surface area contributed by atoms with Gasteiger partial charge in [-0.15, -0.1) is 0 Å². The maximum Gasteiger partial charge on any atom is 0.0894 e. The molecule has 3 nitrogen and oxygen atoms in total. The van der Waals surface area contributed by atoms with Gasteiger partial charge in [-0.3, -0.25) is 4.98 Å². The van der Waals surface area contributed by atoms with E-state index in [2.05, 4.69) is 35.2 Å². The van der Waals surface area contributed by atoms with Crippen LogP contribution in [0, 0.1) is 5.92 Å². The highest BCUT2D eigenvalue weighted by molar-refractivity contribution is 5.74. The largest absolute Gasteiger partial charge is 0.313 e. The number of hydrogen-bond acceptors (Lipinski definition) is 3. The van der Waals surface area contributed by atoms with Crippen molar-refractivity contribution in [1.29, 1.82) is 0 Å². The molecule has 0 fully saturated rings. The number of nitrogens with zero attached hydrogens (tertiary/aromatic N) is 2. The molecule has 1 aromatic heterocycles. The van der Waals surface area contributed by atoms with Crippen molar-refractivity contribution in [2.75, 3.05) is 13.1 Å². The summed E-state index contributed by atoms with van der Waals surface area (Å²) >= 11 is 0. The average Bonchev–Trinajstić information content (AvgIpc) is 2.38. The van der Waals surface area contributed by atoms with Gasteiger partial charge in [0.05, 0.1) is 22.9 Å². The maximum atomic E-state index is 4.53. The summed E-state index contributed by atoms with van der Waals surface area (Å²) in [6, 6.07) is 7.91. The molecule has 0 aliphatic carbocycles. The lowest BCUT2D eigenvalue weighted by molar-refractivity contribution is 0.577.